The first-order valence-electron chi connectivity index (χ1n) is 9.89. The van der Waals surface area contributed by atoms with Crippen molar-refractivity contribution in [2.24, 2.45) is 0 Å². The Morgan fingerprint density at radius 1 is 1.10 bits per heavy atom. The number of nitrogens with zero attached hydrogens (tertiary/aromatic N) is 2. The van der Waals surface area contributed by atoms with Crippen LogP contribution >= 0.6 is 0 Å². The zero-order valence-corrected chi connectivity index (χ0v) is 18.0. The summed E-state index contributed by atoms with van der Waals surface area (Å²) < 4.78 is 10.6. The molecule has 0 spiro atoms. The number of amides is 1. The normalized spacial score (nSPS) is 11.0. The van der Waals surface area contributed by atoms with Crippen molar-refractivity contribution in [2.75, 3.05) is 20.8 Å². The lowest BCUT2D eigenvalue weighted by molar-refractivity contribution is -0.129. The van der Waals surface area contributed by atoms with E-state index in [0.717, 1.165) is 11.1 Å². The van der Waals surface area contributed by atoms with Gasteiger partial charge in [-0.25, -0.2) is 0 Å². The highest BCUT2D eigenvalue weighted by Crippen LogP contribution is 2.27. The highest BCUT2D eigenvalue weighted by atomic mass is 16.5. The second-order valence-electron chi connectivity index (χ2n) is 7.08. The van der Waals surface area contributed by atoms with Crippen molar-refractivity contribution in [1.29, 1.82) is 5.26 Å². The van der Waals surface area contributed by atoms with Crippen LogP contribution in [-0.2, 0) is 17.8 Å². The second kappa shape index (κ2) is 11.5. The first kappa shape index (κ1) is 22.8. The van der Waals surface area contributed by atoms with Crippen LogP contribution in [0.2, 0.25) is 0 Å². The van der Waals surface area contributed by atoms with Crippen LogP contribution < -0.4 is 14.8 Å². The van der Waals surface area contributed by atoms with Crippen molar-refractivity contribution < 1.29 is 14.3 Å². The van der Waals surface area contributed by atoms with Gasteiger partial charge >= 0.3 is 0 Å². The van der Waals surface area contributed by atoms with Crippen molar-refractivity contribution in [3.63, 3.8) is 0 Å². The van der Waals surface area contributed by atoms with E-state index in [1.165, 1.54) is 6.20 Å². The molecule has 0 saturated carbocycles. The van der Waals surface area contributed by atoms with Gasteiger partial charge in [0.1, 0.15) is 11.6 Å². The average Bonchev–Trinajstić information content (AvgIpc) is 2.77. The smallest absolute Gasteiger partial charge is 0.266 e. The number of hydrogen-bond acceptors (Lipinski definition) is 5. The SMILES string of the molecule is COc1ccc(CCN/C=C(/C#N)C(=O)N(Cc2ccccc2)C(C)C)cc1OC. The standard InChI is InChI=1S/C24H29N3O3/c1-18(2)27(17-20-8-6-5-7-9-20)24(28)21(15-25)16-26-13-12-19-10-11-22(29-3)23(14-19)30-4/h5-11,14,16,18,26H,12-13,17H2,1-4H3/b21-16-. The quantitative estimate of drug-likeness (QED) is 0.369. The van der Waals surface area contributed by atoms with Crippen LogP contribution in [0.25, 0.3) is 0 Å². The monoisotopic (exact) mass is 407 g/mol. The largest absolute Gasteiger partial charge is 0.493 e. The third-order valence-corrected chi connectivity index (χ3v) is 4.68. The molecule has 30 heavy (non-hydrogen) atoms. The summed E-state index contributed by atoms with van der Waals surface area (Å²) in [6.45, 7) is 4.93. The van der Waals surface area contributed by atoms with E-state index in [-0.39, 0.29) is 17.5 Å². The van der Waals surface area contributed by atoms with Gasteiger partial charge < -0.3 is 19.7 Å². The van der Waals surface area contributed by atoms with Crippen molar-refractivity contribution in [3.8, 4) is 17.6 Å². The molecule has 0 atom stereocenters. The van der Waals surface area contributed by atoms with E-state index in [9.17, 15) is 10.1 Å². The molecule has 158 valence electrons. The molecule has 0 aliphatic carbocycles. The molecule has 1 amide bonds. The summed E-state index contributed by atoms with van der Waals surface area (Å²) in [5, 5.41) is 12.6. The van der Waals surface area contributed by atoms with Gasteiger partial charge in [0.25, 0.3) is 5.91 Å². The summed E-state index contributed by atoms with van der Waals surface area (Å²) in [7, 11) is 3.20. The van der Waals surface area contributed by atoms with Crippen LogP contribution in [0.3, 0.4) is 0 Å². The Balaban J connectivity index is 2.00. The molecule has 0 heterocycles. The Bertz CT molecular complexity index is 902. The summed E-state index contributed by atoms with van der Waals surface area (Å²) in [6, 6.07) is 17.5. The molecule has 0 unspecified atom stereocenters. The van der Waals surface area contributed by atoms with Crippen molar-refractivity contribution >= 4 is 5.91 Å². The Kier molecular flexibility index (Phi) is 8.76. The predicted molar refractivity (Wildman–Crippen MR) is 117 cm³/mol. The van der Waals surface area contributed by atoms with Crippen LogP contribution in [0.5, 0.6) is 11.5 Å². The van der Waals surface area contributed by atoms with Crippen LogP contribution in [0.15, 0.2) is 60.3 Å². The van der Waals surface area contributed by atoms with Crippen molar-refractivity contribution in [2.45, 2.75) is 32.9 Å². The first-order valence-corrected chi connectivity index (χ1v) is 9.89. The summed E-state index contributed by atoms with van der Waals surface area (Å²) in [4.78, 5) is 14.6. The molecule has 2 rings (SSSR count). The van der Waals surface area contributed by atoms with Gasteiger partial charge in [-0.05, 0) is 43.5 Å². The van der Waals surface area contributed by atoms with Gasteiger partial charge in [0.2, 0.25) is 0 Å². The van der Waals surface area contributed by atoms with E-state index in [4.69, 9.17) is 9.47 Å². The van der Waals surface area contributed by atoms with Gasteiger partial charge in [-0.15, -0.1) is 0 Å². The Morgan fingerprint density at radius 2 is 1.80 bits per heavy atom. The van der Waals surface area contributed by atoms with Gasteiger partial charge in [-0.2, -0.15) is 5.26 Å². The zero-order chi connectivity index (χ0) is 21.9. The maximum absolute atomic E-state index is 12.9. The molecule has 0 saturated heterocycles. The zero-order valence-electron chi connectivity index (χ0n) is 18.0. The lowest BCUT2D eigenvalue weighted by atomic mass is 10.1. The van der Waals surface area contributed by atoms with Crippen LogP contribution in [0, 0.1) is 11.3 Å². The third kappa shape index (κ3) is 6.28. The molecule has 0 aliphatic heterocycles. The van der Waals surface area contributed by atoms with Crippen LogP contribution in [-0.4, -0.2) is 37.6 Å². The molecule has 0 bridgehead atoms. The summed E-state index contributed by atoms with van der Waals surface area (Å²) in [5.74, 6) is 1.07. The fraction of sp³-hybridized carbons (Fsp3) is 0.333. The number of benzene rings is 2. The summed E-state index contributed by atoms with van der Waals surface area (Å²) >= 11 is 0. The minimum absolute atomic E-state index is 0.0266. The highest BCUT2D eigenvalue weighted by molar-refractivity contribution is 5.97. The van der Waals surface area contributed by atoms with E-state index < -0.39 is 0 Å². The summed E-state index contributed by atoms with van der Waals surface area (Å²) in [6.07, 6.45) is 2.21. The number of methoxy groups -OCH3 is 2. The van der Waals surface area contributed by atoms with Gasteiger partial charge in [-0.3, -0.25) is 4.79 Å². The molecule has 6 heteroatoms. The molecule has 2 aromatic carbocycles. The van der Waals surface area contributed by atoms with Crippen molar-refractivity contribution in [1.82, 2.24) is 10.2 Å². The molecular formula is C24H29N3O3. The Labute approximate surface area is 178 Å². The highest BCUT2D eigenvalue weighted by Gasteiger charge is 2.21. The van der Waals surface area contributed by atoms with Crippen LogP contribution in [0.1, 0.15) is 25.0 Å². The van der Waals surface area contributed by atoms with Gasteiger partial charge in [-0.1, -0.05) is 36.4 Å². The Hall–Kier alpha value is -3.46. The molecule has 6 nitrogen and oxygen atoms in total. The van der Waals surface area contributed by atoms with E-state index in [1.54, 1.807) is 19.1 Å². The van der Waals surface area contributed by atoms with Gasteiger partial charge in [0.15, 0.2) is 11.5 Å². The minimum atomic E-state index is -0.282. The Morgan fingerprint density at radius 3 is 2.40 bits per heavy atom. The van der Waals surface area contributed by atoms with E-state index in [0.29, 0.717) is 31.0 Å². The third-order valence-electron chi connectivity index (χ3n) is 4.68. The number of nitrogens with one attached hydrogen (secondary N) is 1. The molecule has 2 aromatic rings. The number of ether oxygens (including phenoxy) is 2. The molecule has 0 radical (unpaired) electrons. The number of rotatable bonds is 10. The maximum atomic E-state index is 12.9. The van der Waals surface area contributed by atoms with E-state index >= 15 is 0 Å². The fourth-order valence-corrected chi connectivity index (χ4v) is 2.99. The lowest BCUT2D eigenvalue weighted by Crippen LogP contribution is -2.37. The molecular weight excluding hydrogens is 378 g/mol. The second-order valence-corrected chi connectivity index (χ2v) is 7.08. The summed E-state index contributed by atoms with van der Waals surface area (Å²) in [5.41, 5.74) is 2.18. The number of nitriles is 1. The predicted octanol–water partition coefficient (Wildman–Crippen LogP) is 3.68. The average molecular weight is 408 g/mol. The first-order chi connectivity index (χ1) is 14.5. The van der Waals surface area contributed by atoms with Gasteiger partial charge in [0.05, 0.1) is 14.2 Å². The lowest BCUT2D eigenvalue weighted by Gasteiger charge is -2.26. The molecule has 0 aromatic heterocycles. The maximum Gasteiger partial charge on any atom is 0.266 e. The number of carbonyl (C=O) groups excluding carboxylic acids is 1. The fourth-order valence-electron chi connectivity index (χ4n) is 2.99. The van der Waals surface area contributed by atoms with Crippen molar-refractivity contribution in [3.05, 3.63) is 71.4 Å². The molecule has 0 aliphatic rings. The molecule has 0 fully saturated rings. The molecule has 1 N–H and O–H groups in total. The number of hydrogen-bond donors (Lipinski definition) is 1. The van der Waals surface area contributed by atoms with Gasteiger partial charge in [0, 0.05) is 25.3 Å². The minimum Gasteiger partial charge on any atom is -0.493 e. The number of carbonyl (C=O) groups is 1. The topological polar surface area (TPSA) is 74.6 Å². The van der Waals surface area contributed by atoms with E-state index in [2.05, 4.69) is 5.32 Å². The van der Waals surface area contributed by atoms with E-state index in [1.807, 2.05) is 68.4 Å². The van der Waals surface area contributed by atoms with Crippen LogP contribution in [0.4, 0.5) is 0 Å².